The van der Waals surface area contributed by atoms with Crippen LogP contribution in [0.4, 0.5) is 5.00 Å². The van der Waals surface area contributed by atoms with Gasteiger partial charge in [0, 0.05) is 16.0 Å². The number of rotatable bonds is 6. The van der Waals surface area contributed by atoms with Crippen molar-refractivity contribution < 1.29 is 14.3 Å². The third-order valence-corrected chi connectivity index (χ3v) is 6.07. The van der Waals surface area contributed by atoms with Gasteiger partial charge in [0.25, 0.3) is 0 Å². The second kappa shape index (κ2) is 9.39. The van der Waals surface area contributed by atoms with Crippen molar-refractivity contribution in [1.82, 2.24) is 0 Å². The third-order valence-electron chi connectivity index (χ3n) is 4.67. The van der Waals surface area contributed by atoms with E-state index in [9.17, 15) is 9.59 Å². The molecule has 1 unspecified atom stereocenters. The molecule has 0 saturated carbocycles. The molecule has 1 atom stereocenters. The van der Waals surface area contributed by atoms with Crippen LogP contribution in [0.2, 0.25) is 5.02 Å². The quantitative estimate of drug-likeness (QED) is 0.481. The smallest absolute Gasteiger partial charge is 0.341 e. The first kappa shape index (κ1) is 20.6. The topological polar surface area (TPSA) is 55.4 Å². The summed E-state index contributed by atoms with van der Waals surface area (Å²) in [6.45, 7) is 4.55. The summed E-state index contributed by atoms with van der Waals surface area (Å²) in [5.74, 6) is -0.0453. The van der Waals surface area contributed by atoms with Crippen molar-refractivity contribution >= 4 is 45.9 Å². The highest BCUT2D eigenvalue weighted by molar-refractivity contribution is 7.17. The van der Waals surface area contributed by atoms with E-state index in [1.165, 1.54) is 22.3 Å². The summed E-state index contributed by atoms with van der Waals surface area (Å²) >= 11 is 7.46. The average Bonchev–Trinajstić information content (AvgIpc) is 3.01. The van der Waals surface area contributed by atoms with Crippen LogP contribution in [-0.2, 0) is 22.4 Å². The molecule has 0 radical (unpaired) electrons. The first-order chi connectivity index (χ1) is 13.5. The Balaban J connectivity index is 1.82. The number of hydrogen-bond donors (Lipinski definition) is 1. The fraction of sp³-hybridized carbons (Fsp3) is 0.364. The lowest BCUT2D eigenvalue weighted by atomic mass is 9.88. The molecular formula is C22H24ClNO3S. The average molecular weight is 418 g/mol. The summed E-state index contributed by atoms with van der Waals surface area (Å²) in [7, 11) is 0. The number of halogens is 1. The Morgan fingerprint density at radius 1 is 1.39 bits per heavy atom. The molecule has 1 N–H and O–H groups in total. The van der Waals surface area contributed by atoms with Crippen molar-refractivity contribution in [2.45, 2.75) is 39.5 Å². The van der Waals surface area contributed by atoms with Crippen LogP contribution >= 0.6 is 22.9 Å². The maximum absolute atomic E-state index is 12.6. The number of amides is 1. The fourth-order valence-electron chi connectivity index (χ4n) is 3.26. The molecule has 0 fully saturated rings. The summed E-state index contributed by atoms with van der Waals surface area (Å²) < 4.78 is 5.38. The van der Waals surface area contributed by atoms with Crippen LogP contribution in [0.5, 0.6) is 0 Å². The minimum atomic E-state index is -0.344. The number of benzene rings is 1. The van der Waals surface area contributed by atoms with Crippen LogP contribution < -0.4 is 5.32 Å². The van der Waals surface area contributed by atoms with Gasteiger partial charge < -0.3 is 10.1 Å². The van der Waals surface area contributed by atoms with Crippen LogP contribution in [0.15, 0.2) is 30.3 Å². The number of carbonyl (C=O) groups excluding carboxylic acids is 2. The van der Waals surface area contributed by atoms with E-state index in [2.05, 4.69) is 12.2 Å². The van der Waals surface area contributed by atoms with Gasteiger partial charge in [-0.15, -0.1) is 11.3 Å². The molecule has 28 heavy (non-hydrogen) atoms. The van der Waals surface area contributed by atoms with E-state index >= 15 is 0 Å². The highest BCUT2D eigenvalue weighted by Crippen LogP contribution is 2.40. The van der Waals surface area contributed by atoms with Crippen molar-refractivity contribution in [3.05, 3.63) is 56.9 Å². The van der Waals surface area contributed by atoms with Crippen molar-refractivity contribution in [2.24, 2.45) is 5.92 Å². The Morgan fingerprint density at radius 2 is 2.21 bits per heavy atom. The van der Waals surface area contributed by atoms with Gasteiger partial charge in [0.2, 0.25) is 5.91 Å². The van der Waals surface area contributed by atoms with Crippen LogP contribution in [0, 0.1) is 5.92 Å². The Morgan fingerprint density at radius 3 is 2.96 bits per heavy atom. The lowest BCUT2D eigenvalue weighted by Crippen LogP contribution is -2.16. The van der Waals surface area contributed by atoms with Gasteiger partial charge in [0.1, 0.15) is 5.00 Å². The van der Waals surface area contributed by atoms with E-state index in [4.69, 9.17) is 16.3 Å². The highest BCUT2D eigenvalue weighted by Gasteiger charge is 2.28. The van der Waals surface area contributed by atoms with Crippen molar-refractivity contribution in [3.8, 4) is 0 Å². The van der Waals surface area contributed by atoms with E-state index in [1.54, 1.807) is 18.2 Å². The number of ether oxygens (including phenoxy) is 1. The number of hydrogen-bond acceptors (Lipinski definition) is 4. The van der Waals surface area contributed by atoms with E-state index in [0.29, 0.717) is 28.1 Å². The predicted octanol–water partition coefficient (Wildman–Crippen LogP) is 5.75. The Kier molecular flexibility index (Phi) is 6.92. The van der Waals surface area contributed by atoms with Gasteiger partial charge in [-0.2, -0.15) is 0 Å². The van der Waals surface area contributed by atoms with E-state index < -0.39 is 0 Å². The normalized spacial score (nSPS) is 16.0. The standard InChI is InChI=1S/C22H24ClNO3S/c1-3-11-27-22(26)20-17-9-7-14(2)12-18(17)28-21(20)24-19(25)10-8-15-5-4-6-16(23)13-15/h4-6,8,10,13-14H,3,7,9,11-12H2,1-2H3,(H,24,25). The molecular weight excluding hydrogens is 394 g/mol. The zero-order chi connectivity index (χ0) is 20.1. The van der Waals surface area contributed by atoms with Crippen LogP contribution in [-0.4, -0.2) is 18.5 Å². The maximum Gasteiger partial charge on any atom is 0.341 e. The molecule has 1 aromatic heterocycles. The first-order valence-electron chi connectivity index (χ1n) is 9.54. The maximum atomic E-state index is 12.6. The zero-order valence-electron chi connectivity index (χ0n) is 16.1. The summed E-state index contributed by atoms with van der Waals surface area (Å²) in [6.07, 6.45) is 6.74. The molecule has 0 bridgehead atoms. The zero-order valence-corrected chi connectivity index (χ0v) is 17.7. The van der Waals surface area contributed by atoms with Crippen LogP contribution in [0.3, 0.4) is 0 Å². The van der Waals surface area contributed by atoms with Crippen molar-refractivity contribution in [3.63, 3.8) is 0 Å². The Labute approximate surface area is 174 Å². The molecule has 0 saturated heterocycles. The lowest BCUT2D eigenvalue weighted by molar-refractivity contribution is -0.111. The number of nitrogens with one attached hydrogen (secondary N) is 1. The van der Waals surface area contributed by atoms with E-state index in [1.807, 2.05) is 19.1 Å². The summed E-state index contributed by atoms with van der Waals surface area (Å²) in [4.78, 5) is 26.3. The Hall–Kier alpha value is -2.11. The summed E-state index contributed by atoms with van der Waals surface area (Å²) in [6, 6.07) is 7.26. The van der Waals surface area contributed by atoms with E-state index in [-0.39, 0.29) is 11.9 Å². The van der Waals surface area contributed by atoms with Crippen LogP contribution in [0.1, 0.15) is 53.1 Å². The number of fused-ring (bicyclic) bond motifs is 1. The molecule has 148 valence electrons. The van der Waals surface area contributed by atoms with Gasteiger partial charge in [-0.05, 0) is 60.9 Å². The molecule has 0 aliphatic heterocycles. The third kappa shape index (κ3) is 5.03. The predicted molar refractivity (Wildman–Crippen MR) is 115 cm³/mol. The Bertz CT molecular complexity index is 903. The van der Waals surface area contributed by atoms with Crippen LogP contribution in [0.25, 0.3) is 6.08 Å². The molecule has 0 spiro atoms. The van der Waals surface area contributed by atoms with Crippen molar-refractivity contribution in [1.29, 1.82) is 0 Å². The van der Waals surface area contributed by atoms with Gasteiger partial charge in [-0.3, -0.25) is 4.79 Å². The molecule has 6 heteroatoms. The van der Waals surface area contributed by atoms with Gasteiger partial charge in [-0.1, -0.05) is 37.6 Å². The number of anilines is 1. The van der Waals surface area contributed by atoms with Gasteiger partial charge in [-0.25, -0.2) is 4.79 Å². The number of esters is 1. The lowest BCUT2D eigenvalue weighted by Gasteiger charge is -2.18. The molecule has 1 aliphatic carbocycles. The molecule has 2 aromatic rings. The molecule has 4 nitrogen and oxygen atoms in total. The fourth-order valence-corrected chi connectivity index (χ4v) is 4.86. The number of carbonyl (C=O) groups is 2. The van der Waals surface area contributed by atoms with Gasteiger partial charge >= 0.3 is 5.97 Å². The molecule has 1 amide bonds. The molecule has 1 aliphatic rings. The van der Waals surface area contributed by atoms with Gasteiger partial charge in [0.15, 0.2) is 0 Å². The largest absolute Gasteiger partial charge is 0.462 e. The van der Waals surface area contributed by atoms with Crippen molar-refractivity contribution in [2.75, 3.05) is 11.9 Å². The summed E-state index contributed by atoms with van der Waals surface area (Å²) in [5, 5.41) is 4.08. The minimum absolute atomic E-state index is 0.281. The molecule has 3 rings (SSSR count). The minimum Gasteiger partial charge on any atom is -0.462 e. The second-order valence-corrected chi connectivity index (χ2v) is 8.61. The SMILES string of the molecule is CCCOC(=O)c1c(NC(=O)C=Cc2cccc(Cl)c2)sc2c1CCC(C)C2. The highest BCUT2D eigenvalue weighted by atomic mass is 35.5. The second-order valence-electron chi connectivity index (χ2n) is 7.07. The molecule has 1 aromatic carbocycles. The first-order valence-corrected chi connectivity index (χ1v) is 10.7. The van der Waals surface area contributed by atoms with Gasteiger partial charge in [0.05, 0.1) is 12.2 Å². The summed E-state index contributed by atoms with van der Waals surface area (Å²) in [5.41, 5.74) is 2.41. The monoisotopic (exact) mass is 417 g/mol. The number of thiophene rings is 1. The molecule has 1 heterocycles. The van der Waals surface area contributed by atoms with E-state index in [0.717, 1.165) is 36.8 Å².